The number of hydrogen-bond donors (Lipinski definition) is 1. The zero-order valence-corrected chi connectivity index (χ0v) is 13.3. The van der Waals surface area contributed by atoms with Gasteiger partial charge in [-0.25, -0.2) is 9.37 Å². The summed E-state index contributed by atoms with van der Waals surface area (Å²) < 4.78 is 15.1. The van der Waals surface area contributed by atoms with Crippen molar-refractivity contribution in [1.82, 2.24) is 14.9 Å². The summed E-state index contributed by atoms with van der Waals surface area (Å²) in [5.41, 5.74) is 1.72. The minimum absolute atomic E-state index is 0.112. The summed E-state index contributed by atoms with van der Waals surface area (Å²) in [6.45, 7) is 0. The van der Waals surface area contributed by atoms with Crippen molar-refractivity contribution in [2.75, 3.05) is 0 Å². The molecule has 0 bridgehead atoms. The van der Waals surface area contributed by atoms with E-state index in [2.05, 4.69) is 10.3 Å². The minimum atomic E-state index is -0.429. The van der Waals surface area contributed by atoms with E-state index in [1.54, 1.807) is 18.3 Å². The maximum absolute atomic E-state index is 13.2. The van der Waals surface area contributed by atoms with Gasteiger partial charge in [0.25, 0.3) is 0 Å². The van der Waals surface area contributed by atoms with Gasteiger partial charge >= 0.3 is 0 Å². The molecule has 0 saturated heterocycles. The van der Waals surface area contributed by atoms with Crippen molar-refractivity contribution in [3.8, 4) is 0 Å². The maximum atomic E-state index is 13.2. The third-order valence-corrected chi connectivity index (χ3v) is 3.83. The van der Waals surface area contributed by atoms with E-state index in [9.17, 15) is 9.18 Å². The van der Waals surface area contributed by atoms with Crippen LogP contribution in [0, 0.1) is 5.82 Å². The number of nitrogens with one attached hydrogen (secondary N) is 1. The number of amides is 1. The first-order chi connectivity index (χ1) is 11.6. The quantitative estimate of drug-likeness (QED) is 0.784. The SMILES string of the molecule is Cn1ccnc1C(NC(=O)Cc1ccccc1)c1ccc(F)cc1. The third kappa shape index (κ3) is 3.68. The first kappa shape index (κ1) is 15.9. The number of halogens is 1. The summed E-state index contributed by atoms with van der Waals surface area (Å²) in [6, 6.07) is 15.2. The van der Waals surface area contributed by atoms with E-state index in [0.29, 0.717) is 5.82 Å². The molecule has 0 aliphatic heterocycles. The molecule has 3 aromatic rings. The Morgan fingerprint density at radius 1 is 1.17 bits per heavy atom. The lowest BCUT2D eigenvalue weighted by molar-refractivity contribution is -0.121. The van der Waals surface area contributed by atoms with Crippen molar-refractivity contribution in [1.29, 1.82) is 0 Å². The number of benzene rings is 2. The number of imidazole rings is 1. The zero-order valence-electron chi connectivity index (χ0n) is 13.3. The van der Waals surface area contributed by atoms with Crippen LogP contribution in [0.4, 0.5) is 4.39 Å². The number of rotatable bonds is 5. The number of nitrogens with zero attached hydrogens (tertiary/aromatic N) is 2. The topological polar surface area (TPSA) is 46.9 Å². The van der Waals surface area contributed by atoms with Gasteiger partial charge in [0.2, 0.25) is 5.91 Å². The highest BCUT2D eigenvalue weighted by molar-refractivity contribution is 5.79. The van der Waals surface area contributed by atoms with E-state index >= 15 is 0 Å². The lowest BCUT2D eigenvalue weighted by Crippen LogP contribution is -2.32. The van der Waals surface area contributed by atoms with Gasteiger partial charge in [0.15, 0.2) is 0 Å². The average Bonchev–Trinajstić information content (AvgIpc) is 3.00. The normalized spacial score (nSPS) is 11.9. The maximum Gasteiger partial charge on any atom is 0.225 e. The van der Waals surface area contributed by atoms with Crippen LogP contribution in [0.25, 0.3) is 0 Å². The van der Waals surface area contributed by atoms with Crippen LogP contribution in [0.3, 0.4) is 0 Å². The smallest absolute Gasteiger partial charge is 0.225 e. The number of aryl methyl sites for hydroxylation is 1. The molecule has 2 aromatic carbocycles. The highest BCUT2D eigenvalue weighted by atomic mass is 19.1. The second kappa shape index (κ2) is 7.08. The van der Waals surface area contributed by atoms with Crippen molar-refractivity contribution in [2.45, 2.75) is 12.5 Å². The fraction of sp³-hybridized carbons (Fsp3) is 0.158. The Labute approximate surface area is 140 Å². The largest absolute Gasteiger partial charge is 0.342 e. The Morgan fingerprint density at radius 3 is 2.50 bits per heavy atom. The molecule has 24 heavy (non-hydrogen) atoms. The monoisotopic (exact) mass is 323 g/mol. The molecular weight excluding hydrogens is 305 g/mol. The van der Waals surface area contributed by atoms with Crippen LogP contribution in [0.15, 0.2) is 67.0 Å². The summed E-state index contributed by atoms with van der Waals surface area (Å²) in [7, 11) is 1.86. The van der Waals surface area contributed by atoms with Crippen LogP contribution in [0.5, 0.6) is 0 Å². The fourth-order valence-corrected chi connectivity index (χ4v) is 2.60. The Hall–Kier alpha value is -2.95. The summed E-state index contributed by atoms with van der Waals surface area (Å²) in [5.74, 6) is 0.273. The highest BCUT2D eigenvalue weighted by Gasteiger charge is 2.20. The molecule has 1 atom stereocenters. The van der Waals surface area contributed by atoms with E-state index in [1.165, 1.54) is 12.1 Å². The molecule has 0 saturated carbocycles. The number of aromatic nitrogens is 2. The average molecular weight is 323 g/mol. The number of carbonyl (C=O) groups excluding carboxylic acids is 1. The van der Waals surface area contributed by atoms with Gasteiger partial charge in [-0.2, -0.15) is 0 Å². The molecule has 0 aliphatic rings. The van der Waals surface area contributed by atoms with Crippen LogP contribution >= 0.6 is 0 Å². The van der Waals surface area contributed by atoms with Crippen molar-refractivity contribution in [3.63, 3.8) is 0 Å². The molecule has 0 radical (unpaired) electrons. The second-order valence-electron chi connectivity index (χ2n) is 5.61. The van der Waals surface area contributed by atoms with E-state index in [1.807, 2.05) is 48.1 Å². The Balaban J connectivity index is 1.84. The molecular formula is C19H18FN3O. The van der Waals surface area contributed by atoms with Crippen LogP contribution in [0.2, 0.25) is 0 Å². The van der Waals surface area contributed by atoms with Crippen molar-refractivity contribution in [2.24, 2.45) is 7.05 Å². The Kier molecular flexibility index (Phi) is 4.70. The first-order valence-electron chi connectivity index (χ1n) is 7.69. The van der Waals surface area contributed by atoms with Gasteiger partial charge in [0.1, 0.15) is 17.7 Å². The van der Waals surface area contributed by atoms with Gasteiger partial charge in [-0.3, -0.25) is 4.79 Å². The fourth-order valence-electron chi connectivity index (χ4n) is 2.60. The predicted molar refractivity (Wildman–Crippen MR) is 89.7 cm³/mol. The van der Waals surface area contributed by atoms with Crippen molar-refractivity contribution in [3.05, 3.63) is 89.8 Å². The molecule has 1 amide bonds. The lowest BCUT2D eigenvalue weighted by atomic mass is 10.0. The van der Waals surface area contributed by atoms with Gasteiger partial charge < -0.3 is 9.88 Å². The zero-order chi connectivity index (χ0) is 16.9. The highest BCUT2D eigenvalue weighted by Crippen LogP contribution is 2.21. The van der Waals surface area contributed by atoms with Gasteiger partial charge in [-0.1, -0.05) is 42.5 Å². The van der Waals surface area contributed by atoms with Gasteiger partial charge in [0, 0.05) is 19.4 Å². The van der Waals surface area contributed by atoms with Gasteiger partial charge in [0.05, 0.1) is 6.42 Å². The lowest BCUT2D eigenvalue weighted by Gasteiger charge is -2.19. The third-order valence-electron chi connectivity index (χ3n) is 3.83. The summed E-state index contributed by atoms with van der Waals surface area (Å²) in [4.78, 5) is 16.8. The molecule has 5 heteroatoms. The van der Waals surface area contributed by atoms with E-state index < -0.39 is 6.04 Å². The van der Waals surface area contributed by atoms with Gasteiger partial charge in [-0.15, -0.1) is 0 Å². The molecule has 0 spiro atoms. The molecule has 122 valence electrons. The van der Waals surface area contributed by atoms with Crippen molar-refractivity contribution >= 4 is 5.91 Å². The summed E-state index contributed by atoms with van der Waals surface area (Å²) in [5, 5.41) is 3.00. The molecule has 1 heterocycles. The molecule has 1 unspecified atom stereocenters. The second-order valence-corrected chi connectivity index (χ2v) is 5.61. The predicted octanol–water partition coefficient (Wildman–Crippen LogP) is 3.01. The van der Waals surface area contributed by atoms with E-state index in [-0.39, 0.29) is 18.1 Å². The van der Waals surface area contributed by atoms with E-state index in [0.717, 1.165) is 11.1 Å². The molecule has 1 aromatic heterocycles. The van der Waals surface area contributed by atoms with Crippen LogP contribution in [-0.4, -0.2) is 15.5 Å². The first-order valence-corrected chi connectivity index (χ1v) is 7.69. The molecule has 0 aliphatic carbocycles. The summed E-state index contributed by atoms with van der Waals surface area (Å²) >= 11 is 0. The summed E-state index contributed by atoms with van der Waals surface area (Å²) in [6.07, 6.45) is 3.77. The van der Waals surface area contributed by atoms with Crippen LogP contribution in [-0.2, 0) is 18.3 Å². The molecule has 3 rings (SSSR count). The standard InChI is InChI=1S/C19H18FN3O/c1-23-12-11-21-19(23)18(15-7-9-16(20)10-8-15)22-17(24)13-14-5-3-2-4-6-14/h2-12,18H,13H2,1H3,(H,22,24). The molecule has 4 nitrogen and oxygen atoms in total. The number of carbonyl (C=O) groups is 1. The number of hydrogen-bond acceptors (Lipinski definition) is 2. The van der Waals surface area contributed by atoms with E-state index in [4.69, 9.17) is 0 Å². The Bertz CT molecular complexity index is 812. The van der Waals surface area contributed by atoms with Crippen LogP contribution < -0.4 is 5.32 Å². The molecule has 0 fully saturated rings. The van der Waals surface area contributed by atoms with Crippen LogP contribution in [0.1, 0.15) is 23.0 Å². The van der Waals surface area contributed by atoms with Gasteiger partial charge in [-0.05, 0) is 23.3 Å². The molecule has 1 N–H and O–H groups in total. The van der Waals surface area contributed by atoms with Crippen molar-refractivity contribution < 1.29 is 9.18 Å². The minimum Gasteiger partial charge on any atom is -0.342 e. The Morgan fingerprint density at radius 2 is 1.88 bits per heavy atom.